The van der Waals surface area contributed by atoms with Gasteiger partial charge in [-0.3, -0.25) is 28.2 Å². The first-order valence-electron chi connectivity index (χ1n) is 27.3. The molecule has 0 unspecified atom stereocenters. The average molecular weight is 1150 g/mol. The van der Waals surface area contributed by atoms with Crippen LogP contribution in [0.2, 0.25) is 0 Å². The molecule has 2 aliphatic rings. The number of amides is 1. The summed E-state index contributed by atoms with van der Waals surface area (Å²) in [5, 5.41) is 18.5. The van der Waals surface area contributed by atoms with Crippen LogP contribution in [0.25, 0.3) is 66.8 Å². The Morgan fingerprint density at radius 1 is 0.646 bits per heavy atom. The molecule has 11 rings (SSSR count). The molecule has 418 valence electrons. The van der Waals surface area contributed by atoms with Crippen LogP contribution in [-0.2, 0) is 45.1 Å². The second-order valence-corrected chi connectivity index (χ2v) is 20.0. The van der Waals surface area contributed by atoms with Crippen molar-refractivity contribution in [2.45, 2.75) is 144 Å². The molecule has 2 aliphatic heterocycles. The minimum Gasteiger partial charge on any atom is -0.460 e. The summed E-state index contributed by atoms with van der Waals surface area (Å²) in [6, 6.07) is 3.62. The van der Waals surface area contributed by atoms with Gasteiger partial charge in [0.2, 0.25) is 17.2 Å². The summed E-state index contributed by atoms with van der Waals surface area (Å²) < 4.78 is 44.9. The summed E-state index contributed by atoms with van der Waals surface area (Å²) in [6.45, 7) is 20.4. The van der Waals surface area contributed by atoms with Gasteiger partial charge in [0.1, 0.15) is 16.9 Å². The maximum atomic E-state index is 13.6. The number of halogens is 1. The molecule has 11 heterocycles. The Labute approximate surface area is 465 Å². The van der Waals surface area contributed by atoms with Crippen molar-refractivity contribution >= 4 is 67.0 Å². The monoisotopic (exact) mass is 1150 g/mol. The molecule has 0 bridgehead atoms. The Balaban J connectivity index is 0.000000168. The Hall–Kier alpha value is -7.50. The third kappa shape index (κ3) is 12.2. The van der Waals surface area contributed by atoms with E-state index < -0.39 is 12.1 Å². The second kappa shape index (κ2) is 25.5. The second-order valence-electron chi connectivity index (χ2n) is 19.0. The van der Waals surface area contributed by atoms with Crippen LogP contribution in [0, 0.1) is 0 Å². The van der Waals surface area contributed by atoms with Crippen molar-refractivity contribution in [1.82, 2.24) is 58.6 Å². The molecule has 9 aromatic rings. The lowest BCUT2D eigenvalue weighted by molar-refractivity contribution is -0.00710. The quantitative estimate of drug-likeness (QED) is 0.0868. The summed E-state index contributed by atoms with van der Waals surface area (Å²) in [6.07, 6.45) is 22.3. The zero-order valence-corrected chi connectivity index (χ0v) is 47.6. The van der Waals surface area contributed by atoms with E-state index in [2.05, 4.69) is 65.1 Å². The molecule has 2 saturated heterocycles. The van der Waals surface area contributed by atoms with Crippen LogP contribution >= 0.6 is 15.9 Å². The maximum absolute atomic E-state index is 13.6. The number of carbonyl (C=O) groups excluding carboxylic acids is 2. The van der Waals surface area contributed by atoms with Gasteiger partial charge in [-0.15, -0.1) is 0 Å². The number of hydrogen-bond donors (Lipinski definition) is 0. The molecule has 2 fully saturated rings. The van der Waals surface area contributed by atoms with Crippen LogP contribution in [0.1, 0.15) is 111 Å². The van der Waals surface area contributed by atoms with Crippen molar-refractivity contribution in [2.75, 3.05) is 31.3 Å². The van der Waals surface area contributed by atoms with Gasteiger partial charge >= 0.3 is 17.8 Å². The molecule has 9 aromatic heterocycles. The van der Waals surface area contributed by atoms with E-state index in [1.165, 1.54) is 4.90 Å². The van der Waals surface area contributed by atoms with Crippen LogP contribution < -0.4 is 10.6 Å². The van der Waals surface area contributed by atoms with E-state index in [4.69, 9.17) is 27.8 Å². The maximum Gasteiger partial charge on any atom is 0.414 e. The lowest BCUT2D eigenvalue weighted by Crippen LogP contribution is -2.46. The predicted molar refractivity (Wildman–Crippen MR) is 301 cm³/mol. The van der Waals surface area contributed by atoms with E-state index in [9.17, 15) is 14.4 Å². The van der Waals surface area contributed by atoms with E-state index in [0.29, 0.717) is 54.1 Å². The largest absolute Gasteiger partial charge is 0.460 e. The fourth-order valence-corrected chi connectivity index (χ4v) is 10.3. The third-order valence-electron chi connectivity index (χ3n) is 14.1. The Kier molecular flexibility index (Phi) is 18.2. The van der Waals surface area contributed by atoms with Crippen molar-refractivity contribution in [2.24, 2.45) is 0 Å². The molecule has 79 heavy (non-hydrogen) atoms. The summed E-state index contributed by atoms with van der Waals surface area (Å²) in [7, 11) is 0. The highest BCUT2D eigenvalue weighted by molar-refractivity contribution is 9.10. The van der Waals surface area contributed by atoms with Crippen molar-refractivity contribution < 1.29 is 37.4 Å². The minimum atomic E-state index is -0.658. The summed E-state index contributed by atoms with van der Waals surface area (Å²) in [4.78, 5) is 55.1. The molecule has 0 spiro atoms. The third-order valence-corrected chi connectivity index (χ3v) is 14.5. The SMILES string of the molecule is CCOC(=O)c1oc2ncc(-c3cnn(CC)c3)cc2c1N(C(=O)OCC)[C@H]1CCO[C@@H](CC)C1.CC[C@H]1C[C@@H](n2c(=O)nc(-c3cnn(CC)c3)c3oc4ncc(-c5cnn(CC)c5)cc4c32)CCO1.CCn1cc(Br)cn1. The molecule has 23 heteroatoms. The molecule has 0 aliphatic carbocycles. The molecule has 0 N–H and O–H groups in total. The standard InChI is InChI=1S/C26H29N7O3.C25H32N4O6.C5H7BrN2/c1-4-20-10-19(7-8-35-20)33-23-21-9-16(17-12-28-31(5-2)14-17)11-27-25(21)36-24(23)22(30-26(33)34)18-13-29-32(6-3)15-18;1-5-19-12-18(9-10-34-19)29(25(31)33-8-4)21-20-11-16(17-14-27-28(6-2)15-17)13-26-23(20)35-22(21)24(30)32-7-3;1-2-8-4-5(6)3-7-8/h9,11-15,19-20H,4-8,10H2,1-3H3;11,13-15,18-19H,5-10,12H2,1-4H3;3-4H,2H2,1H3/t19-,20-;18-,19-;/m00./s1. The van der Waals surface area contributed by atoms with Crippen molar-refractivity contribution in [3.05, 3.63) is 94.8 Å². The van der Waals surface area contributed by atoms with Gasteiger partial charge in [0, 0.05) is 116 Å². The number of ether oxygens (including phenoxy) is 4. The number of carbonyl (C=O) groups is 2. The number of fused-ring (bicyclic) bond motifs is 4. The summed E-state index contributed by atoms with van der Waals surface area (Å²) in [5.41, 5.74) is 6.77. The topological polar surface area (TPSA) is 233 Å². The lowest BCUT2D eigenvalue weighted by atomic mass is 9.99. The van der Waals surface area contributed by atoms with Crippen LogP contribution in [0.5, 0.6) is 0 Å². The number of pyridine rings is 2. The number of aryl methyl sites for hydroxylation is 4. The number of nitrogens with zero attached hydrogens (tertiary/aromatic N) is 13. The van der Waals surface area contributed by atoms with E-state index in [0.717, 1.165) is 95.1 Å². The molecule has 22 nitrogen and oxygen atoms in total. The van der Waals surface area contributed by atoms with E-state index >= 15 is 0 Å². The zero-order valence-electron chi connectivity index (χ0n) is 46.0. The van der Waals surface area contributed by atoms with Gasteiger partial charge in [-0.25, -0.2) is 24.4 Å². The molecule has 0 aromatic carbocycles. The minimum absolute atomic E-state index is 0.00320. The number of esters is 1. The van der Waals surface area contributed by atoms with Gasteiger partial charge in [0.05, 0.1) is 65.5 Å². The van der Waals surface area contributed by atoms with Gasteiger partial charge in [-0.05, 0) is 108 Å². The average Bonchev–Trinajstić information content (AvgIpc) is 4.56. The smallest absolute Gasteiger partial charge is 0.414 e. The van der Waals surface area contributed by atoms with Crippen molar-refractivity contribution in [3.63, 3.8) is 0 Å². The van der Waals surface area contributed by atoms with Crippen LogP contribution in [0.4, 0.5) is 10.5 Å². The number of furan rings is 2. The first kappa shape index (κ1) is 56.2. The first-order valence-corrected chi connectivity index (χ1v) is 28.1. The summed E-state index contributed by atoms with van der Waals surface area (Å²) >= 11 is 3.29. The highest BCUT2D eigenvalue weighted by Gasteiger charge is 2.38. The fraction of sp³-hybridized carbons (Fsp3) is 0.464. The Morgan fingerprint density at radius 3 is 1.75 bits per heavy atom. The molecular formula is C56H68BrN13O9. The molecular weight excluding hydrogens is 1080 g/mol. The molecule has 1 amide bonds. The normalized spacial score (nSPS) is 17.3. The molecule has 4 atom stereocenters. The molecule has 0 radical (unpaired) electrons. The van der Waals surface area contributed by atoms with Crippen molar-refractivity contribution in [1.29, 1.82) is 0 Å². The van der Waals surface area contributed by atoms with Crippen LogP contribution in [-0.4, -0.2) is 115 Å². The van der Waals surface area contributed by atoms with Gasteiger partial charge in [0.15, 0.2) is 5.58 Å². The highest BCUT2D eigenvalue weighted by Crippen LogP contribution is 2.41. The number of aromatic nitrogens is 12. The number of anilines is 1. The predicted octanol–water partition coefficient (Wildman–Crippen LogP) is 10.9. The Bertz CT molecular complexity index is 3590. The zero-order chi connectivity index (χ0) is 55.7. The van der Waals surface area contributed by atoms with Gasteiger partial charge in [-0.1, -0.05) is 13.8 Å². The molecule has 0 saturated carbocycles. The fourth-order valence-electron chi connectivity index (χ4n) is 9.98. The van der Waals surface area contributed by atoms with E-state index in [-0.39, 0.29) is 54.7 Å². The van der Waals surface area contributed by atoms with Gasteiger partial charge in [-0.2, -0.15) is 25.4 Å². The lowest BCUT2D eigenvalue weighted by Gasteiger charge is -2.36. The number of hydrogen-bond acceptors (Lipinski definition) is 16. The highest BCUT2D eigenvalue weighted by atomic mass is 79.9. The van der Waals surface area contributed by atoms with Crippen molar-refractivity contribution in [3.8, 4) is 33.5 Å². The van der Waals surface area contributed by atoms with Gasteiger partial charge < -0.3 is 27.8 Å². The first-order chi connectivity index (χ1) is 38.4. The number of rotatable bonds is 15. The van der Waals surface area contributed by atoms with Crippen LogP contribution in [0.15, 0.2) is 92.2 Å². The summed E-state index contributed by atoms with van der Waals surface area (Å²) in [5.74, 6) is -0.724. The van der Waals surface area contributed by atoms with E-state index in [1.807, 2.05) is 89.5 Å². The van der Waals surface area contributed by atoms with E-state index in [1.54, 1.807) is 49.4 Å². The Morgan fingerprint density at radius 2 is 1.19 bits per heavy atom. The van der Waals surface area contributed by atoms with Gasteiger partial charge in [0.25, 0.3) is 0 Å². The van der Waals surface area contributed by atoms with Crippen LogP contribution in [0.3, 0.4) is 0 Å².